The highest BCUT2D eigenvalue weighted by atomic mass is 79.9. The number of para-hydroxylation sites is 1. The van der Waals surface area contributed by atoms with E-state index in [0.717, 1.165) is 15.7 Å². The first-order valence-corrected chi connectivity index (χ1v) is 8.79. The summed E-state index contributed by atoms with van der Waals surface area (Å²) in [4.78, 5) is 13.8. The lowest BCUT2D eigenvalue weighted by Gasteiger charge is -2.13. The Morgan fingerprint density at radius 3 is 2.81 bits per heavy atom. The molecule has 0 saturated heterocycles. The molecule has 2 aromatic carbocycles. The third kappa shape index (κ3) is 4.46. The molecule has 26 heavy (non-hydrogen) atoms. The number of hydrogen-bond acceptors (Lipinski definition) is 2. The Morgan fingerprint density at radius 2 is 2.04 bits per heavy atom. The van der Waals surface area contributed by atoms with Crippen molar-refractivity contribution in [2.75, 3.05) is 7.05 Å². The highest BCUT2D eigenvalue weighted by Crippen LogP contribution is 2.17. The Labute approximate surface area is 159 Å². The van der Waals surface area contributed by atoms with E-state index in [9.17, 15) is 9.18 Å². The number of benzene rings is 2. The van der Waals surface area contributed by atoms with Gasteiger partial charge in [0.15, 0.2) is 0 Å². The van der Waals surface area contributed by atoms with Gasteiger partial charge in [0.25, 0.3) is 0 Å². The number of likely N-dealkylation sites (N-methyl/N-ethyl adjacent to an activating group) is 1. The Morgan fingerprint density at radius 1 is 1.27 bits per heavy atom. The quantitative estimate of drug-likeness (QED) is 0.579. The number of amides is 1. The van der Waals surface area contributed by atoms with Crippen molar-refractivity contribution in [1.29, 1.82) is 0 Å². The fourth-order valence-corrected chi connectivity index (χ4v) is 2.82. The van der Waals surface area contributed by atoms with Gasteiger partial charge in [0.05, 0.1) is 11.9 Å². The maximum atomic E-state index is 13.7. The summed E-state index contributed by atoms with van der Waals surface area (Å²) in [5.41, 5.74) is 2.22. The van der Waals surface area contributed by atoms with Gasteiger partial charge in [-0.3, -0.25) is 4.79 Å². The summed E-state index contributed by atoms with van der Waals surface area (Å²) in [6, 6.07) is 14.4. The molecule has 1 heterocycles. The zero-order valence-corrected chi connectivity index (χ0v) is 15.7. The van der Waals surface area contributed by atoms with E-state index in [1.807, 2.05) is 36.5 Å². The molecule has 0 radical (unpaired) electrons. The first-order chi connectivity index (χ1) is 12.5. The minimum absolute atomic E-state index is 0.211. The molecule has 0 saturated carbocycles. The summed E-state index contributed by atoms with van der Waals surface area (Å²) in [5.74, 6) is -0.583. The molecule has 0 N–H and O–H groups in total. The Bertz CT molecular complexity index is 937. The van der Waals surface area contributed by atoms with Crippen molar-refractivity contribution >= 4 is 27.9 Å². The van der Waals surface area contributed by atoms with Gasteiger partial charge in [-0.2, -0.15) is 5.10 Å². The third-order valence-electron chi connectivity index (χ3n) is 3.82. The maximum absolute atomic E-state index is 13.7. The molecule has 1 aromatic heterocycles. The molecule has 0 aliphatic heterocycles. The highest BCUT2D eigenvalue weighted by Gasteiger charge is 2.09. The van der Waals surface area contributed by atoms with Crippen molar-refractivity contribution in [3.63, 3.8) is 0 Å². The lowest BCUT2D eigenvalue weighted by molar-refractivity contribution is -0.125. The first-order valence-electron chi connectivity index (χ1n) is 8.00. The molecule has 1 amide bonds. The molecule has 3 aromatic rings. The van der Waals surface area contributed by atoms with E-state index in [0.29, 0.717) is 12.1 Å². The van der Waals surface area contributed by atoms with E-state index in [4.69, 9.17) is 0 Å². The highest BCUT2D eigenvalue weighted by molar-refractivity contribution is 9.10. The maximum Gasteiger partial charge on any atom is 0.246 e. The topological polar surface area (TPSA) is 38.1 Å². The minimum atomic E-state index is -0.371. The summed E-state index contributed by atoms with van der Waals surface area (Å²) >= 11 is 3.29. The van der Waals surface area contributed by atoms with E-state index in [1.165, 1.54) is 18.2 Å². The van der Waals surface area contributed by atoms with Crippen LogP contribution in [0.5, 0.6) is 0 Å². The van der Waals surface area contributed by atoms with Gasteiger partial charge >= 0.3 is 0 Å². The number of hydrogen-bond donors (Lipinski definition) is 0. The zero-order chi connectivity index (χ0) is 18.5. The lowest BCUT2D eigenvalue weighted by atomic mass is 10.2. The molecule has 0 bridgehead atoms. The summed E-state index contributed by atoms with van der Waals surface area (Å²) in [5, 5.41) is 4.32. The smallest absolute Gasteiger partial charge is 0.246 e. The molecular formula is C20H17BrFN3O. The van der Waals surface area contributed by atoms with Gasteiger partial charge < -0.3 is 4.90 Å². The summed E-state index contributed by atoms with van der Waals surface area (Å²) < 4.78 is 16.2. The van der Waals surface area contributed by atoms with Crippen molar-refractivity contribution in [3.05, 3.63) is 88.4 Å². The number of rotatable bonds is 5. The van der Waals surface area contributed by atoms with Crippen molar-refractivity contribution in [1.82, 2.24) is 14.7 Å². The molecule has 0 fully saturated rings. The second kappa shape index (κ2) is 8.10. The number of nitrogens with zero attached hydrogens (tertiary/aromatic N) is 3. The second-order valence-electron chi connectivity index (χ2n) is 5.82. The van der Waals surface area contributed by atoms with Gasteiger partial charge in [0.1, 0.15) is 5.82 Å². The van der Waals surface area contributed by atoms with Crippen LogP contribution in [0, 0.1) is 5.82 Å². The second-order valence-corrected chi connectivity index (χ2v) is 6.74. The van der Waals surface area contributed by atoms with Gasteiger partial charge in [-0.05, 0) is 36.4 Å². The van der Waals surface area contributed by atoms with Gasteiger partial charge in [-0.15, -0.1) is 0 Å². The molecular weight excluding hydrogens is 397 g/mol. The number of halogens is 2. The molecule has 0 aliphatic rings. The normalized spacial score (nSPS) is 11.0. The monoisotopic (exact) mass is 413 g/mol. The van der Waals surface area contributed by atoms with E-state index in [2.05, 4.69) is 21.0 Å². The van der Waals surface area contributed by atoms with E-state index in [1.54, 1.807) is 35.0 Å². The van der Waals surface area contributed by atoms with Gasteiger partial charge in [-0.25, -0.2) is 9.07 Å². The molecule has 0 spiro atoms. The largest absolute Gasteiger partial charge is 0.338 e. The average molecular weight is 414 g/mol. The van der Waals surface area contributed by atoms with Crippen LogP contribution in [0.15, 0.2) is 71.5 Å². The predicted molar refractivity (Wildman–Crippen MR) is 103 cm³/mol. The molecule has 0 aliphatic carbocycles. The molecule has 6 heteroatoms. The van der Waals surface area contributed by atoms with Crippen LogP contribution in [0.3, 0.4) is 0 Å². The average Bonchev–Trinajstić information content (AvgIpc) is 3.11. The first kappa shape index (κ1) is 18.1. The van der Waals surface area contributed by atoms with Crippen LogP contribution < -0.4 is 0 Å². The van der Waals surface area contributed by atoms with Crippen molar-refractivity contribution < 1.29 is 9.18 Å². The van der Waals surface area contributed by atoms with Crippen LogP contribution in [-0.2, 0) is 11.3 Å². The van der Waals surface area contributed by atoms with Crippen LogP contribution in [-0.4, -0.2) is 27.6 Å². The standard InChI is InChI=1S/C20H17BrFN3O/c1-24(20(26)10-7-16-11-17(21)8-9-19(16)22)13-15-12-23-25(14-15)18-5-3-2-4-6-18/h2-12,14H,13H2,1H3/b10-7+. The van der Waals surface area contributed by atoms with Crippen LogP contribution in [0.2, 0.25) is 0 Å². The van der Waals surface area contributed by atoms with Crippen molar-refractivity contribution in [2.45, 2.75) is 6.54 Å². The summed E-state index contributed by atoms with van der Waals surface area (Å²) in [6.07, 6.45) is 6.46. The van der Waals surface area contributed by atoms with Crippen LogP contribution in [0.4, 0.5) is 4.39 Å². The Hall–Kier alpha value is -2.73. The fraction of sp³-hybridized carbons (Fsp3) is 0.100. The minimum Gasteiger partial charge on any atom is -0.338 e. The zero-order valence-electron chi connectivity index (χ0n) is 14.1. The van der Waals surface area contributed by atoms with Crippen LogP contribution in [0.1, 0.15) is 11.1 Å². The van der Waals surface area contributed by atoms with E-state index >= 15 is 0 Å². The SMILES string of the molecule is CN(Cc1cnn(-c2ccccc2)c1)C(=O)/C=C/c1cc(Br)ccc1F. The molecule has 4 nitrogen and oxygen atoms in total. The third-order valence-corrected chi connectivity index (χ3v) is 4.31. The van der Waals surface area contributed by atoms with Crippen molar-refractivity contribution in [3.8, 4) is 5.69 Å². The van der Waals surface area contributed by atoms with Gasteiger partial charge in [-0.1, -0.05) is 34.1 Å². The Kier molecular flexibility index (Phi) is 5.63. The van der Waals surface area contributed by atoms with Crippen LogP contribution in [0.25, 0.3) is 11.8 Å². The molecule has 3 rings (SSSR count). The molecule has 132 valence electrons. The molecule has 0 unspecified atom stereocenters. The van der Waals surface area contributed by atoms with E-state index in [-0.39, 0.29) is 11.7 Å². The lowest BCUT2D eigenvalue weighted by Crippen LogP contribution is -2.23. The molecule has 0 atom stereocenters. The summed E-state index contributed by atoms with van der Waals surface area (Å²) in [6.45, 7) is 0.414. The summed E-state index contributed by atoms with van der Waals surface area (Å²) in [7, 11) is 1.70. The Balaban J connectivity index is 1.65. The fourth-order valence-electron chi connectivity index (χ4n) is 2.45. The van der Waals surface area contributed by atoms with E-state index < -0.39 is 0 Å². The van der Waals surface area contributed by atoms with Crippen LogP contribution >= 0.6 is 15.9 Å². The van der Waals surface area contributed by atoms with Crippen molar-refractivity contribution in [2.24, 2.45) is 0 Å². The number of aromatic nitrogens is 2. The van der Waals surface area contributed by atoms with Gasteiger partial charge in [0.2, 0.25) is 5.91 Å². The number of carbonyl (C=O) groups excluding carboxylic acids is 1. The van der Waals surface area contributed by atoms with Gasteiger partial charge in [0, 0.05) is 41.5 Å². The number of carbonyl (C=O) groups is 1. The predicted octanol–water partition coefficient (Wildman–Crippen LogP) is 4.45.